The van der Waals surface area contributed by atoms with Gasteiger partial charge in [-0.1, -0.05) is 37.3 Å². The van der Waals surface area contributed by atoms with Gasteiger partial charge in [0.05, 0.1) is 13.0 Å². The van der Waals surface area contributed by atoms with Gasteiger partial charge < -0.3 is 14.8 Å². The molecule has 0 unspecified atom stereocenters. The van der Waals surface area contributed by atoms with Crippen LogP contribution < -0.4 is 10.1 Å². The molecule has 2 rings (SSSR count). The minimum absolute atomic E-state index is 0.0891. The van der Waals surface area contributed by atoms with Crippen LogP contribution in [0.4, 0.5) is 5.69 Å². The van der Waals surface area contributed by atoms with Gasteiger partial charge in [-0.05, 0) is 49.1 Å². The molecule has 138 valence electrons. The molecular formula is C21H25NO4. The number of carbonyl (C=O) groups excluding carboxylic acids is 2. The van der Waals surface area contributed by atoms with Crippen molar-refractivity contribution in [2.45, 2.75) is 33.6 Å². The first-order chi connectivity index (χ1) is 12.5. The molecule has 0 bridgehead atoms. The first-order valence-corrected chi connectivity index (χ1v) is 8.73. The molecule has 26 heavy (non-hydrogen) atoms. The minimum atomic E-state index is -0.465. The number of amides is 1. The fourth-order valence-corrected chi connectivity index (χ4v) is 2.55. The molecule has 0 radical (unpaired) electrons. The molecule has 2 aromatic rings. The molecular weight excluding hydrogens is 330 g/mol. The number of carbonyl (C=O) groups is 2. The predicted octanol–water partition coefficient (Wildman–Crippen LogP) is 3.82. The third kappa shape index (κ3) is 5.92. The maximum Gasteiger partial charge on any atom is 0.309 e. The number of anilines is 1. The molecule has 0 atom stereocenters. The summed E-state index contributed by atoms with van der Waals surface area (Å²) in [7, 11) is 0. The van der Waals surface area contributed by atoms with Gasteiger partial charge in [0, 0.05) is 5.69 Å². The van der Waals surface area contributed by atoms with Crippen LogP contribution in [0, 0.1) is 13.8 Å². The van der Waals surface area contributed by atoms with E-state index in [1.165, 1.54) is 0 Å². The molecule has 1 N–H and O–H groups in total. The molecule has 5 nitrogen and oxygen atoms in total. The Morgan fingerprint density at radius 2 is 1.85 bits per heavy atom. The summed E-state index contributed by atoms with van der Waals surface area (Å²) in [6, 6.07) is 13.5. The Kier molecular flexibility index (Phi) is 7.21. The van der Waals surface area contributed by atoms with Crippen molar-refractivity contribution >= 4 is 17.6 Å². The average Bonchev–Trinajstić information content (AvgIpc) is 2.62. The highest BCUT2D eigenvalue weighted by molar-refractivity contribution is 5.94. The number of ether oxygens (including phenoxy) is 2. The van der Waals surface area contributed by atoms with Gasteiger partial charge in [-0.2, -0.15) is 0 Å². The van der Waals surface area contributed by atoms with E-state index in [2.05, 4.69) is 5.32 Å². The lowest BCUT2D eigenvalue weighted by Crippen LogP contribution is -2.22. The standard InChI is InChI=1S/C21H25NO4/c1-4-17-9-6-8-16(3)21(17)22-19(23)14-26-20(24)11-12-25-18-10-5-7-15(2)13-18/h5-10,13H,4,11-12,14H2,1-3H3,(H,22,23). The van der Waals surface area contributed by atoms with Crippen LogP contribution in [0.5, 0.6) is 5.75 Å². The lowest BCUT2D eigenvalue weighted by Gasteiger charge is -2.13. The van der Waals surface area contributed by atoms with E-state index in [0.29, 0.717) is 5.75 Å². The zero-order chi connectivity index (χ0) is 18.9. The van der Waals surface area contributed by atoms with Crippen molar-refractivity contribution in [3.05, 3.63) is 59.2 Å². The minimum Gasteiger partial charge on any atom is -0.493 e. The Hall–Kier alpha value is -2.82. The Balaban J connectivity index is 1.74. The second-order valence-electron chi connectivity index (χ2n) is 6.09. The van der Waals surface area contributed by atoms with E-state index in [-0.39, 0.29) is 25.5 Å². The molecule has 0 aliphatic rings. The quantitative estimate of drug-likeness (QED) is 0.731. The van der Waals surface area contributed by atoms with E-state index in [1.54, 1.807) is 0 Å². The topological polar surface area (TPSA) is 64.6 Å². The average molecular weight is 355 g/mol. The number of esters is 1. The van der Waals surface area contributed by atoms with E-state index in [1.807, 2.05) is 63.2 Å². The monoisotopic (exact) mass is 355 g/mol. The summed E-state index contributed by atoms with van der Waals surface area (Å²) < 4.78 is 10.5. The summed E-state index contributed by atoms with van der Waals surface area (Å²) in [5.41, 5.74) is 3.91. The van der Waals surface area contributed by atoms with Gasteiger partial charge in [0.25, 0.3) is 5.91 Å². The number of hydrogen-bond acceptors (Lipinski definition) is 4. The fraction of sp³-hybridized carbons (Fsp3) is 0.333. The highest BCUT2D eigenvalue weighted by atomic mass is 16.5. The Labute approximate surface area is 154 Å². The largest absolute Gasteiger partial charge is 0.493 e. The number of para-hydroxylation sites is 1. The Morgan fingerprint density at radius 3 is 2.58 bits per heavy atom. The molecule has 0 spiro atoms. The SMILES string of the molecule is CCc1cccc(C)c1NC(=O)COC(=O)CCOc1cccc(C)c1. The van der Waals surface area contributed by atoms with E-state index in [4.69, 9.17) is 9.47 Å². The van der Waals surface area contributed by atoms with Crippen LogP contribution in [-0.2, 0) is 20.7 Å². The van der Waals surface area contributed by atoms with E-state index >= 15 is 0 Å². The third-order valence-electron chi connectivity index (χ3n) is 3.93. The molecule has 2 aromatic carbocycles. The summed E-state index contributed by atoms with van der Waals surface area (Å²) in [6.07, 6.45) is 0.902. The molecule has 1 amide bonds. The number of nitrogens with one attached hydrogen (secondary N) is 1. The van der Waals surface area contributed by atoms with E-state index in [0.717, 1.165) is 28.8 Å². The van der Waals surface area contributed by atoms with Gasteiger partial charge in [0.2, 0.25) is 0 Å². The van der Waals surface area contributed by atoms with Crippen molar-refractivity contribution in [1.82, 2.24) is 0 Å². The highest BCUT2D eigenvalue weighted by Gasteiger charge is 2.11. The third-order valence-corrected chi connectivity index (χ3v) is 3.93. The highest BCUT2D eigenvalue weighted by Crippen LogP contribution is 2.20. The smallest absolute Gasteiger partial charge is 0.309 e. The van der Waals surface area contributed by atoms with Gasteiger partial charge in [-0.15, -0.1) is 0 Å². The van der Waals surface area contributed by atoms with Gasteiger partial charge in [-0.25, -0.2) is 0 Å². The molecule has 0 heterocycles. The molecule has 0 aliphatic carbocycles. The number of benzene rings is 2. The van der Waals surface area contributed by atoms with Crippen LogP contribution in [0.3, 0.4) is 0 Å². The Morgan fingerprint density at radius 1 is 1.08 bits per heavy atom. The van der Waals surface area contributed by atoms with Crippen molar-refractivity contribution in [2.24, 2.45) is 0 Å². The first-order valence-electron chi connectivity index (χ1n) is 8.73. The van der Waals surface area contributed by atoms with Crippen molar-refractivity contribution in [3.8, 4) is 5.75 Å². The van der Waals surface area contributed by atoms with Crippen molar-refractivity contribution < 1.29 is 19.1 Å². The summed E-state index contributed by atoms with van der Waals surface area (Å²) in [5, 5.41) is 2.83. The molecule has 0 aromatic heterocycles. The fourth-order valence-electron chi connectivity index (χ4n) is 2.55. The number of rotatable bonds is 8. The van der Waals surface area contributed by atoms with Crippen LogP contribution in [0.1, 0.15) is 30.0 Å². The Bertz CT molecular complexity index is 770. The second-order valence-corrected chi connectivity index (χ2v) is 6.09. The second kappa shape index (κ2) is 9.61. The molecule has 5 heteroatoms. The van der Waals surface area contributed by atoms with Crippen molar-refractivity contribution in [2.75, 3.05) is 18.5 Å². The van der Waals surface area contributed by atoms with Crippen LogP contribution in [0.15, 0.2) is 42.5 Å². The normalized spacial score (nSPS) is 10.3. The van der Waals surface area contributed by atoms with Gasteiger partial charge in [0.1, 0.15) is 5.75 Å². The maximum absolute atomic E-state index is 12.1. The van der Waals surface area contributed by atoms with E-state index < -0.39 is 5.97 Å². The van der Waals surface area contributed by atoms with Crippen molar-refractivity contribution in [3.63, 3.8) is 0 Å². The molecule has 0 saturated carbocycles. The summed E-state index contributed by atoms with van der Waals surface area (Å²) in [6.45, 7) is 5.84. The zero-order valence-electron chi connectivity index (χ0n) is 15.5. The maximum atomic E-state index is 12.1. The van der Waals surface area contributed by atoms with Gasteiger partial charge >= 0.3 is 5.97 Å². The number of hydrogen-bond donors (Lipinski definition) is 1. The summed E-state index contributed by atoms with van der Waals surface area (Å²) in [4.78, 5) is 23.8. The van der Waals surface area contributed by atoms with Crippen LogP contribution in [-0.4, -0.2) is 25.1 Å². The van der Waals surface area contributed by atoms with Gasteiger partial charge in [0.15, 0.2) is 6.61 Å². The van der Waals surface area contributed by atoms with Gasteiger partial charge in [-0.3, -0.25) is 9.59 Å². The summed E-state index contributed by atoms with van der Waals surface area (Å²) >= 11 is 0. The molecule has 0 saturated heterocycles. The molecule has 0 fully saturated rings. The predicted molar refractivity (Wildman–Crippen MR) is 101 cm³/mol. The van der Waals surface area contributed by atoms with Crippen LogP contribution >= 0.6 is 0 Å². The summed E-state index contributed by atoms with van der Waals surface area (Å²) in [5.74, 6) is -0.0996. The lowest BCUT2D eigenvalue weighted by molar-refractivity contribution is -0.147. The van der Waals surface area contributed by atoms with E-state index in [9.17, 15) is 9.59 Å². The number of aryl methyl sites for hydroxylation is 3. The lowest BCUT2D eigenvalue weighted by atomic mass is 10.1. The van der Waals surface area contributed by atoms with Crippen LogP contribution in [0.25, 0.3) is 0 Å². The molecule has 0 aliphatic heterocycles. The first kappa shape index (κ1) is 19.5. The van der Waals surface area contributed by atoms with Crippen molar-refractivity contribution in [1.29, 1.82) is 0 Å². The van der Waals surface area contributed by atoms with Crippen LogP contribution in [0.2, 0.25) is 0 Å². The zero-order valence-corrected chi connectivity index (χ0v) is 15.5.